The van der Waals surface area contributed by atoms with Crippen LogP contribution in [0.5, 0.6) is 17.2 Å². The van der Waals surface area contributed by atoms with Gasteiger partial charge in [0.2, 0.25) is 0 Å². The van der Waals surface area contributed by atoms with Crippen molar-refractivity contribution in [1.29, 1.82) is 0 Å². The highest BCUT2D eigenvalue weighted by atomic mass is 79.9. The molecule has 0 heterocycles. The lowest BCUT2D eigenvalue weighted by atomic mass is 9.98. The average molecular weight is 651 g/mol. The number of aryl methyl sites for hydroxylation is 1. The molecule has 0 saturated heterocycles. The van der Waals surface area contributed by atoms with Crippen LogP contribution in [0, 0.1) is 0 Å². The molecule has 0 aliphatic carbocycles. The van der Waals surface area contributed by atoms with E-state index in [4.69, 9.17) is 9.47 Å². The van der Waals surface area contributed by atoms with E-state index in [-0.39, 0.29) is 6.42 Å². The molecule has 0 radical (unpaired) electrons. The van der Waals surface area contributed by atoms with Crippen LogP contribution >= 0.6 is 15.9 Å². The first-order chi connectivity index (χ1) is 21.5. The molecule has 0 saturated carbocycles. The Kier molecular flexibility index (Phi) is 10.4. The van der Waals surface area contributed by atoms with Crippen LogP contribution in [-0.4, -0.2) is 23.6 Å². The van der Waals surface area contributed by atoms with E-state index < -0.39 is 17.9 Å². The smallest absolute Gasteiger partial charge is 0.305 e. The molecule has 5 aromatic rings. The minimum atomic E-state index is -1.02. The van der Waals surface area contributed by atoms with Crippen molar-refractivity contribution in [2.24, 2.45) is 0 Å². The van der Waals surface area contributed by atoms with Crippen LogP contribution in [0.1, 0.15) is 40.4 Å². The van der Waals surface area contributed by atoms with E-state index in [9.17, 15) is 14.7 Å². The number of nitrogens with one attached hydrogen (secondary N) is 1. The third-order valence-electron chi connectivity index (χ3n) is 7.06. The SMILES string of the molecule is O=C(O)CC(NC(=O)c1cc(Br)ccc1OCCCc1ccccc1)c1ccc(-c2ccccc2Oc2ccccc2)cc1. The highest BCUT2D eigenvalue weighted by Gasteiger charge is 2.22. The fourth-order valence-electron chi connectivity index (χ4n) is 4.88. The molecule has 0 spiro atoms. The van der Waals surface area contributed by atoms with Gasteiger partial charge in [0.25, 0.3) is 5.91 Å². The molecule has 1 unspecified atom stereocenters. The molecular formula is C37H32BrNO5. The monoisotopic (exact) mass is 649 g/mol. The number of benzene rings is 5. The molecule has 44 heavy (non-hydrogen) atoms. The van der Waals surface area contributed by atoms with Crippen LogP contribution in [0.4, 0.5) is 0 Å². The Morgan fingerprint density at radius 2 is 1.45 bits per heavy atom. The van der Waals surface area contributed by atoms with E-state index in [2.05, 4.69) is 33.4 Å². The summed E-state index contributed by atoms with van der Waals surface area (Å²) in [6, 6.07) is 39.4. The van der Waals surface area contributed by atoms with E-state index in [0.29, 0.717) is 29.2 Å². The first kappa shape index (κ1) is 30.6. The van der Waals surface area contributed by atoms with Gasteiger partial charge in [0.1, 0.15) is 17.2 Å². The molecule has 0 fully saturated rings. The Labute approximate surface area is 265 Å². The fourth-order valence-corrected chi connectivity index (χ4v) is 5.24. The minimum Gasteiger partial charge on any atom is -0.493 e. The zero-order chi connectivity index (χ0) is 30.7. The highest BCUT2D eigenvalue weighted by molar-refractivity contribution is 9.10. The maximum atomic E-state index is 13.5. The molecule has 1 atom stereocenters. The first-order valence-corrected chi connectivity index (χ1v) is 15.2. The minimum absolute atomic E-state index is 0.278. The topological polar surface area (TPSA) is 84.9 Å². The van der Waals surface area contributed by atoms with E-state index >= 15 is 0 Å². The van der Waals surface area contributed by atoms with Crippen LogP contribution in [-0.2, 0) is 11.2 Å². The number of amides is 1. The predicted octanol–water partition coefficient (Wildman–Crippen LogP) is 8.87. The maximum Gasteiger partial charge on any atom is 0.305 e. The van der Waals surface area contributed by atoms with Crippen molar-refractivity contribution in [2.45, 2.75) is 25.3 Å². The summed E-state index contributed by atoms with van der Waals surface area (Å²) in [5.74, 6) is 0.438. The second kappa shape index (κ2) is 15.0. The lowest BCUT2D eigenvalue weighted by Crippen LogP contribution is -2.30. The molecule has 7 heteroatoms. The van der Waals surface area contributed by atoms with Crippen LogP contribution in [0.3, 0.4) is 0 Å². The zero-order valence-electron chi connectivity index (χ0n) is 24.0. The van der Waals surface area contributed by atoms with Crippen LogP contribution in [0.2, 0.25) is 0 Å². The van der Waals surface area contributed by atoms with Crippen molar-refractivity contribution in [3.05, 3.63) is 149 Å². The average Bonchev–Trinajstić information content (AvgIpc) is 3.04. The van der Waals surface area contributed by atoms with Crippen molar-refractivity contribution in [3.63, 3.8) is 0 Å². The van der Waals surface area contributed by atoms with Crippen molar-refractivity contribution >= 4 is 27.8 Å². The number of para-hydroxylation sites is 2. The summed E-state index contributed by atoms with van der Waals surface area (Å²) in [6.45, 7) is 0.437. The molecule has 6 nitrogen and oxygen atoms in total. The summed E-state index contributed by atoms with van der Waals surface area (Å²) in [4.78, 5) is 25.3. The standard InChI is InChI=1S/C37H32BrNO5/c38-29-21-22-34(43-23-9-12-26-10-3-1-4-11-26)32(24-29)37(42)39-33(25-36(40)41)28-19-17-27(18-20-28)31-15-7-8-16-35(31)44-30-13-5-2-6-14-30/h1-8,10-11,13-22,24,33H,9,12,23,25H2,(H,39,42)(H,40,41). The number of hydrogen-bond donors (Lipinski definition) is 2. The molecule has 0 bridgehead atoms. The Morgan fingerprint density at radius 3 is 2.18 bits per heavy atom. The zero-order valence-corrected chi connectivity index (χ0v) is 25.6. The van der Waals surface area contributed by atoms with Gasteiger partial charge in [-0.05, 0) is 65.9 Å². The van der Waals surface area contributed by atoms with E-state index in [0.717, 1.165) is 34.2 Å². The molecule has 2 N–H and O–H groups in total. The number of carboxylic acids is 1. The van der Waals surface area contributed by atoms with Gasteiger partial charge in [-0.1, -0.05) is 107 Å². The predicted molar refractivity (Wildman–Crippen MR) is 175 cm³/mol. The summed E-state index contributed by atoms with van der Waals surface area (Å²) in [7, 11) is 0. The van der Waals surface area contributed by atoms with Crippen molar-refractivity contribution in [2.75, 3.05) is 6.61 Å². The lowest BCUT2D eigenvalue weighted by molar-refractivity contribution is -0.137. The number of halogens is 1. The van der Waals surface area contributed by atoms with Gasteiger partial charge in [-0.15, -0.1) is 0 Å². The summed E-state index contributed by atoms with van der Waals surface area (Å²) < 4.78 is 12.9. The number of carbonyl (C=O) groups is 2. The number of hydrogen-bond acceptors (Lipinski definition) is 4. The Hall–Kier alpha value is -4.88. The second-order valence-electron chi connectivity index (χ2n) is 10.2. The molecular weight excluding hydrogens is 618 g/mol. The highest BCUT2D eigenvalue weighted by Crippen LogP contribution is 2.34. The number of rotatable bonds is 13. The molecule has 0 aromatic heterocycles. The third-order valence-corrected chi connectivity index (χ3v) is 7.56. The molecule has 222 valence electrons. The first-order valence-electron chi connectivity index (χ1n) is 14.4. The van der Waals surface area contributed by atoms with E-state index in [1.165, 1.54) is 5.56 Å². The number of carbonyl (C=O) groups excluding carboxylic acids is 1. The van der Waals surface area contributed by atoms with Gasteiger partial charge < -0.3 is 19.9 Å². The van der Waals surface area contributed by atoms with Crippen LogP contribution < -0.4 is 14.8 Å². The number of carboxylic acid groups (broad SMARTS) is 1. The Balaban J connectivity index is 1.30. The molecule has 5 aromatic carbocycles. The van der Waals surface area contributed by atoms with Gasteiger partial charge in [-0.3, -0.25) is 9.59 Å². The molecule has 1 amide bonds. The van der Waals surface area contributed by atoms with Crippen molar-refractivity contribution < 1.29 is 24.2 Å². The lowest BCUT2D eigenvalue weighted by Gasteiger charge is -2.20. The third kappa shape index (κ3) is 8.36. The number of ether oxygens (including phenoxy) is 2. The van der Waals surface area contributed by atoms with Crippen LogP contribution in [0.25, 0.3) is 11.1 Å². The maximum absolute atomic E-state index is 13.5. The fraction of sp³-hybridized carbons (Fsp3) is 0.135. The van der Waals surface area contributed by atoms with Crippen molar-refractivity contribution in [1.82, 2.24) is 5.32 Å². The van der Waals surface area contributed by atoms with Gasteiger partial charge in [0.15, 0.2) is 0 Å². The van der Waals surface area contributed by atoms with Crippen molar-refractivity contribution in [3.8, 4) is 28.4 Å². The summed E-state index contributed by atoms with van der Waals surface area (Å²) >= 11 is 3.45. The van der Waals surface area contributed by atoms with Gasteiger partial charge in [0, 0.05) is 10.0 Å². The van der Waals surface area contributed by atoms with Crippen LogP contribution in [0.15, 0.2) is 132 Å². The van der Waals surface area contributed by atoms with Gasteiger partial charge in [-0.25, -0.2) is 0 Å². The largest absolute Gasteiger partial charge is 0.493 e. The van der Waals surface area contributed by atoms with E-state index in [1.54, 1.807) is 12.1 Å². The summed E-state index contributed by atoms with van der Waals surface area (Å²) in [5, 5.41) is 12.6. The normalized spacial score (nSPS) is 11.4. The Morgan fingerprint density at radius 1 is 0.773 bits per heavy atom. The molecule has 5 rings (SSSR count). The molecule has 0 aliphatic heterocycles. The van der Waals surface area contributed by atoms with Gasteiger partial charge in [-0.2, -0.15) is 0 Å². The second-order valence-corrected chi connectivity index (χ2v) is 11.2. The Bertz CT molecular complexity index is 1690. The number of aliphatic carboxylic acids is 1. The van der Waals surface area contributed by atoms with Gasteiger partial charge in [0.05, 0.1) is 24.6 Å². The van der Waals surface area contributed by atoms with Gasteiger partial charge >= 0.3 is 5.97 Å². The quantitative estimate of drug-likeness (QED) is 0.124. The van der Waals surface area contributed by atoms with E-state index in [1.807, 2.05) is 103 Å². The summed E-state index contributed by atoms with van der Waals surface area (Å²) in [5.41, 5.74) is 4.02. The molecule has 0 aliphatic rings. The summed E-state index contributed by atoms with van der Waals surface area (Å²) in [6.07, 6.45) is 1.37.